The van der Waals surface area contributed by atoms with Gasteiger partial charge in [-0.1, -0.05) is 5.21 Å². The van der Waals surface area contributed by atoms with E-state index in [1.165, 1.54) is 4.68 Å². The molecular formula is C6H10N4O2. The highest BCUT2D eigenvalue weighted by atomic mass is 16.5. The standard InChI is InChI=1S/C6H10N4O2/c1-3-12-6(11)4-5(7)8-9-10(4)2/h3,7H2,1-2H3. The monoisotopic (exact) mass is 170 g/mol. The number of hydrogen-bond acceptors (Lipinski definition) is 5. The Morgan fingerprint density at radius 2 is 2.42 bits per heavy atom. The van der Waals surface area contributed by atoms with Crippen LogP contribution in [0.2, 0.25) is 0 Å². The first-order valence-corrected chi connectivity index (χ1v) is 3.49. The van der Waals surface area contributed by atoms with E-state index in [1.54, 1.807) is 14.0 Å². The van der Waals surface area contributed by atoms with E-state index in [0.717, 1.165) is 0 Å². The third-order valence-corrected chi connectivity index (χ3v) is 1.32. The number of ether oxygens (including phenoxy) is 1. The molecule has 0 radical (unpaired) electrons. The molecular weight excluding hydrogens is 160 g/mol. The lowest BCUT2D eigenvalue weighted by molar-refractivity contribution is 0.0515. The van der Waals surface area contributed by atoms with Gasteiger partial charge in [0.1, 0.15) is 0 Å². The van der Waals surface area contributed by atoms with E-state index < -0.39 is 5.97 Å². The van der Waals surface area contributed by atoms with Crippen molar-refractivity contribution < 1.29 is 9.53 Å². The number of carbonyl (C=O) groups is 1. The van der Waals surface area contributed by atoms with Crippen LogP contribution in [0.5, 0.6) is 0 Å². The molecule has 0 atom stereocenters. The largest absolute Gasteiger partial charge is 0.461 e. The minimum absolute atomic E-state index is 0.0935. The highest BCUT2D eigenvalue weighted by Gasteiger charge is 2.16. The fourth-order valence-corrected chi connectivity index (χ4v) is 0.809. The van der Waals surface area contributed by atoms with Gasteiger partial charge in [0.05, 0.1) is 6.61 Å². The number of nitrogen functional groups attached to an aromatic ring is 1. The predicted octanol–water partition coefficient (Wildman–Crippen LogP) is -0.426. The highest BCUT2D eigenvalue weighted by molar-refractivity contribution is 5.91. The van der Waals surface area contributed by atoms with Crippen molar-refractivity contribution in [1.29, 1.82) is 0 Å². The Labute approximate surface area is 69.3 Å². The molecule has 1 aromatic heterocycles. The minimum Gasteiger partial charge on any atom is -0.461 e. The van der Waals surface area contributed by atoms with Gasteiger partial charge >= 0.3 is 5.97 Å². The fraction of sp³-hybridized carbons (Fsp3) is 0.500. The van der Waals surface area contributed by atoms with Crippen LogP contribution < -0.4 is 5.73 Å². The lowest BCUT2D eigenvalue weighted by atomic mass is 10.4. The molecule has 6 heteroatoms. The van der Waals surface area contributed by atoms with Crippen LogP contribution in [0.25, 0.3) is 0 Å². The van der Waals surface area contributed by atoms with Crippen LogP contribution in [-0.2, 0) is 11.8 Å². The number of aryl methyl sites for hydroxylation is 1. The molecule has 0 fully saturated rings. The zero-order valence-corrected chi connectivity index (χ0v) is 6.94. The quantitative estimate of drug-likeness (QED) is 0.609. The Morgan fingerprint density at radius 3 is 2.83 bits per heavy atom. The molecule has 0 amide bonds. The molecule has 0 aliphatic rings. The SMILES string of the molecule is CCOC(=O)c1c(N)nnn1C. The third kappa shape index (κ3) is 1.36. The van der Waals surface area contributed by atoms with E-state index in [4.69, 9.17) is 10.5 Å². The Kier molecular flexibility index (Phi) is 2.27. The topological polar surface area (TPSA) is 83.0 Å². The van der Waals surface area contributed by atoms with Crippen LogP contribution in [0.4, 0.5) is 5.82 Å². The Balaban J connectivity index is 2.93. The maximum atomic E-state index is 11.1. The van der Waals surface area contributed by atoms with Gasteiger partial charge in [0, 0.05) is 7.05 Å². The van der Waals surface area contributed by atoms with E-state index in [2.05, 4.69) is 10.3 Å². The summed E-state index contributed by atoms with van der Waals surface area (Å²) in [5, 5.41) is 7.07. The molecule has 1 heterocycles. The van der Waals surface area contributed by atoms with Crippen molar-refractivity contribution in [3.05, 3.63) is 5.69 Å². The van der Waals surface area contributed by atoms with Crippen molar-refractivity contribution in [2.45, 2.75) is 6.92 Å². The van der Waals surface area contributed by atoms with Crippen LogP contribution in [0.15, 0.2) is 0 Å². The van der Waals surface area contributed by atoms with E-state index in [9.17, 15) is 4.79 Å². The molecule has 0 bridgehead atoms. The van der Waals surface area contributed by atoms with Crippen molar-refractivity contribution in [2.75, 3.05) is 12.3 Å². The maximum absolute atomic E-state index is 11.1. The van der Waals surface area contributed by atoms with E-state index in [-0.39, 0.29) is 11.5 Å². The van der Waals surface area contributed by atoms with Crippen LogP contribution in [0.1, 0.15) is 17.4 Å². The van der Waals surface area contributed by atoms with Crippen molar-refractivity contribution in [3.63, 3.8) is 0 Å². The van der Waals surface area contributed by atoms with Gasteiger partial charge in [-0.3, -0.25) is 0 Å². The zero-order chi connectivity index (χ0) is 9.14. The van der Waals surface area contributed by atoms with Crippen molar-refractivity contribution in [2.24, 2.45) is 7.05 Å². The first-order valence-electron chi connectivity index (χ1n) is 3.49. The van der Waals surface area contributed by atoms with E-state index in [0.29, 0.717) is 6.61 Å². The van der Waals surface area contributed by atoms with Crippen molar-refractivity contribution >= 4 is 11.8 Å². The highest BCUT2D eigenvalue weighted by Crippen LogP contribution is 2.06. The molecule has 0 aromatic carbocycles. The summed E-state index contributed by atoms with van der Waals surface area (Å²) in [5.74, 6) is -0.404. The number of nitrogens with two attached hydrogens (primary N) is 1. The summed E-state index contributed by atoms with van der Waals surface area (Å²) in [6.07, 6.45) is 0. The molecule has 12 heavy (non-hydrogen) atoms. The molecule has 0 aliphatic carbocycles. The first kappa shape index (κ1) is 8.51. The lowest BCUT2D eigenvalue weighted by Crippen LogP contribution is -2.12. The maximum Gasteiger partial charge on any atom is 0.360 e. The predicted molar refractivity (Wildman–Crippen MR) is 41.4 cm³/mol. The second-order valence-electron chi connectivity index (χ2n) is 2.17. The fourth-order valence-electron chi connectivity index (χ4n) is 0.809. The Hall–Kier alpha value is -1.59. The summed E-state index contributed by atoms with van der Waals surface area (Å²) in [4.78, 5) is 11.1. The lowest BCUT2D eigenvalue weighted by Gasteiger charge is -2.00. The number of aromatic nitrogens is 3. The molecule has 0 saturated carbocycles. The van der Waals surface area contributed by atoms with Gasteiger partial charge in [-0.05, 0) is 6.92 Å². The normalized spacial score (nSPS) is 9.83. The Bertz CT molecular complexity index is 274. The summed E-state index contributed by atoms with van der Waals surface area (Å²) in [6.45, 7) is 2.03. The number of nitrogens with zero attached hydrogens (tertiary/aromatic N) is 3. The van der Waals surface area contributed by atoms with Crippen LogP contribution >= 0.6 is 0 Å². The summed E-state index contributed by atoms with van der Waals surface area (Å²) in [7, 11) is 1.58. The summed E-state index contributed by atoms with van der Waals surface area (Å²) in [6, 6.07) is 0. The molecule has 0 saturated heterocycles. The molecule has 1 aromatic rings. The summed E-state index contributed by atoms with van der Waals surface area (Å²) < 4.78 is 6.01. The number of esters is 1. The molecule has 0 unspecified atom stereocenters. The average Bonchev–Trinajstić information content (AvgIpc) is 2.32. The van der Waals surface area contributed by atoms with Crippen molar-refractivity contribution in [3.8, 4) is 0 Å². The molecule has 0 aliphatic heterocycles. The molecule has 2 N–H and O–H groups in total. The second kappa shape index (κ2) is 3.21. The zero-order valence-electron chi connectivity index (χ0n) is 6.94. The minimum atomic E-state index is -0.498. The molecule has 6 nitrogen and oxygen atoms in total. The van der Waals surface area contributed by atoms with Crippen LogP contribution in [-0.4, -0.2) is 27.6 Å². The van der Waals surface area contributed by atoms with Crippen LogP contribution in [0.3, 0.4) is 0 Å². The third-order valence-electron chi connectivity index (χ3n) is 1.32. The smallest absolute Gasteiger partial charge is 0.360 e. The number of anilines is 1. The van der Waals surface area contributed by atoms with Crippen LogP contribution in [0, 0.1) is 0 Å². The van der Waals surface area contributed by atoms with Gasteiger partial charge in [-0.2, -0.15) is 0 Å². The van der Waals surface area contributed by atoms with E-state index in [1.807, 2.05) is 0 Å². The van der Waals surface area contributed by atoms with E-state index >= 15 is 0 Å². The number of hydrogen-bond donors (Lipinski definition) is 1. The molecule has 66 valence electrons. The average molecular weight is 170 g/mol. The van der Waals surface area contributed by atoms with Crippen molar-refractivity contribution in [1.82, 2.24) is 15.0 Å². The summed E-state index contributed by atoms with van der Waals surface area (Å²) in [5.41, 5.74) is 5.57. The number of rotatable bonds is 2. The number of carbonyl (C=O) groups excluding carboxylic acids is 1. The van der Waals surface area contributed by atoms with Gasteiger partial charge in [0.15, 0.2) is 11.5 Å². The van der Waals surface area contributed by atoms with Gasteiger partial charge in [-0.15, -0.1) is 5.10 Å². The Morgan fingerprint density at radius 1 is 1.75 bits per heavy atom. The summed E-state index contributed by atoms with van der Waals surface area (Å²) >= 11 is 0. The van der Waals surface area contributed by atoms with Gasteiger partial charge < -0.3 is 10.5 Å². The molecule has 1 rings (SSSR count). The van der Waals surface area contributed by atoms with Gasteiger partial charge in [0.2, 0.25) is 0 Å². The molecule has 0 spiro atoms. The second-order valence-corrected chi connectivity index (χ2v) is 2.17. The first-order chi connectivity index (χ1) is 5.66. The van der Waals surface area contributed by atoms with Gasteiger partial charge in [-0.25, -0.2) is 9.48 Å². The van der Waals surface area contributed by atoms with Gasteiger partial charge in [0.25, 0.3) is 0 Å².